The lowest BCUT2D eigenvalue weighted by Gasteiger charge is -2.00. The average molecular weight is 396 g/mol. The van der Waals surface area contributed by atoms with E-state index in [0.717, 1.165) is 4.88 Å². The van der Waals surface area contributed by atoms with Crippen LogP contribution in [0.2, 0.25) is 0 Å². The summed E-state index contributed by atoms with van der Waals surface area (Å²) in [7, 11) is 0. The summed E-state index contributed by atoms with van der Waals surface area (Å²) in [6.45, 7) is 0.360. The molecule has 0 unspecified atom stereocenters. The van der Waals surface area contributed by atoms with E-state index in [9.17, 15) is 9.59 Å². The highest BCUT2D eigenvalue weighted by atomic mass is 79.9. The number of nitrogens with one attached hydrogen (secondary N) is 1. The predicted octanol–water partition coefficient (Wildman–Crippen LogP) is 4.33. The molecule has 0 fully saturated rings. The first-order chi connectivity index (χ1) is 10.6. The van der Waals surface area contributed by atoms with Crippen LogP contribution in [-0.4, -0.2) is 11.7 Å². The van der Waals surface area contributed by atoms with Crippen LogP contribution >= 0.6 is 38.6 Å². The summed E-state index contributed by atoms with van der Waals surface area (Å²) < 4.78 is 5.69. The van der Waals surface area contributed by atoms with E-state index in [1.54, 1.807) is 18.2 Å². The molecule has 1 amide bonds. The molecule has 0 aliphatic heterocycles. The van der Waals surface area contributed by atoms with E-state index in [2.05, 4.69) is 21.2 Å². The third-order valence-corrected chi connectivity index (χ3v) is 5.08. The van der Waals surface area contributed by atoms with Gasteiger partial charge in [-0.05, 0) is 51.6 Å². The monoisotopic (exact) mass is 395 g/mol. The summed E-state index contributed by atoms with van der Waals surface area (Å²) in [5, 5.41) is 6.47. The number of amides is 1. The number of halogens is 1. The van der Waals surface area contributed by atoms with Crippen molar-refractivity contribution in [1.82, 2.24) is 5.32 Å². The Labute approximate surface area is 142 Å². The molecule has 0 saturated heterocycles. The second-order valence-electron chi connectivity index (χ2n) is 4.39. The minimum Gasteiger partial charge on any atom is -0.444 e. The van der Waals surface area contributed by atoms with Crippen molar-refractivity contribution in [1.29, 1.82) is 0 Å². The molecule has 3 rings (SSSR count). The molecule has 0 aliphatic rings. The van der Waals surface area contributed by atoms with Crippen LogP contribution in [0.1, 0.15) is 30.7 Å². The molecular weight excluding hydrogens is 386 g/mol. The fourth-order valence-electron chi connectivity index (χ4n) is 1.82. The van der Waals surface area contributed by atoms with E-state index in [1.807, 2.05) is 22.9 Å². The maximum absolute atomic E-state index is 12.2. The zero-order valence-electron chi connectivity index (χ0n) is 11.2. The summed E-state index contributed by atoms with van der Waals surface area (Å²) >= 11 is 6.03. The summed E-state index contributed by atoms with van der Waals surface area (Å²) in [6, 6.07) is 8.71. The Hall–Kier alpha value is -1.70. The van der Waals surface area contributed by atoms with Crippen LogP contribution in [0.5, 0.6) is 0 Å². The highest BCUT2D eigenvalue weighted by Crippen LogP contribution is 2.21. The lowest BCUT2D eigenvalue weighted by molar-refractivity contribution is 0.0922. The van der Waals surface area contributed by atoms with E-state index in [4.69, 9.17) is 4.42 Å². The van der Waals surface area contributed by atoms with Crippen molar-refractivity contribution >= 4 is 50.3 Å². The van der Waals surface area contributed by atoms with Gasteiger partial charge in [0.25, 0.3) is 5.91 Å². The lowest BCUT2D eigenvalue weighted by Crippen LogP contribution is -2.21. The second-order valence-corrected chi connectivity index (χ2v) is 7.12. The Balaban J connectivity index is 1.62. The summed E-state index contributed by atoms with van der Waals surface area (Å²) in [4.78, 5) is 25.6. The molecule has 3 aromatic heterocycles. The first-order valence-electron chi connectivity index (χ1n) is 6.32. The van der Waals surface area contributed by atoms with Gasteiger partial charge < -0.3 is 9.73 Å². The van der Waals surface area contributed by atoms with E-state index in [1.165, 1.54) is 22.7 Å². The van der Waals surface area contributed by atoms with Gasteiger partial charge in [0.1, 0.15) is 0 Å². The molecule has 112 valence electrons. The summed E-state index contributed by atoms with van der Waals surface area (Å²) in [6.07, 6.45) is 0. The average Bonchev–Trinajstić information content (AvgIpc) is 3.25. The Kier molecular flexibility index (Phi) is 4.56. The molecule has 0 bridgehead atoms. The molecule has 1 N–H and O–H groups in total. The van der Waals surface area contributed by atoms with Crippen LogP contribution in [-0.2, 0) is 6.54 Å². The fourth-order valence-corrected chi connectivity index (χ4v) is 3.67. The van der Waals surface area contributed by atoms with Gasteiger partial charge in [0.2, 0.25) is 5.78 Å². The maximum Gasteiger partial charge on any atom is 0.287 e. The zero-order valence-corrected chi connectivity index (χ0v) is 14.4. The zero-order chi connectivity index (χ0) is 15.5. The van der Waals surface area contributed by atoms with Crippen LogP contribution in [0.25, 0.3) is 0 Å². The van der Waals surface area contributed by atoms with Crippen molar-refractivity contribution in [3.63, 3.8) is 0 Å². The number of ketones is 1. The largest absolute Gasteiger partial charge is 0.444 e. The molecule has 0 atom stereocenters. The van der Waals surface area contributed by atoms with Crippen molar-refractivity contribution < 1.29 is 14.0 Å². The number of rotatable bonds is 5. The fraction of sp³-hybridized carbons (Fsp3) is 0.0667. The van der Waals surface area contributed by atoms with Crippen LogP contribution in [0, 0.1) is 0 Å². The number of thiophene rings is 2. The van der Waals surface area contributed by atoms with Gasteiger partial charge in [-0.1, -0.05) is 0 Å². The normalized spacial score (nSPS) is 10.6. The highest BCUT2D eigenvalue weighted by Gasteiger charge is 2.14. The molecule has 7 heteroatoms. The van der Waals surface area contributed by atoms with Gasteiger partial charge >= 0.3 is 0 Å². The molecule has 0 saturated carbocycles. The van der Waals surface area contributed by atoms with Gasteiger partial charge in [-0.2, -0.15) is 11.3 Å². The highest BCUT2D eigenvalue weighted by molar-refractivity contribution is 9.10. The molecule has 4 nitrogen and oxygen atoms in total. The Morgan fingerprint density at radius 1 is 1.18 bits per heavy atom. The lowest BCUT2D eigenvalue weighted by atomic mass is 10.2. The van der Waals surface area contributed by atoms with Crippen molar-refractivity contribution in [2.75, 3.05) is 0 Å². The minimum absolute atomic E-state index is 0.0128. The Morgan fingerprint density at radius 3 is 2.73 bits per heavy atom. The minimum atomic E-state index is -0.287. The van der Waals surface area contributed by atoms with Gasteiger partial charge in [0.15, 0.2) is 10.4 Å². The van der Waals surface area contributed by atoms with Crippen LogP contribution in [0.15, 0.2) is 50.2 Å². The summed E-state index contributed by atoms with van der Waals surface area (Å²) in [5.74, 6) is -0.0263. The van der Waals surface area contributed by atoms with Gasteiger partial charge in [-0.25, -0.2) is 0 Å². The van der Waals surface area contributed by atoms with Crippen LogP contribution in [0.3, 0.4) is 0 Å². The summed E-state index contributed by atoms with van der Waals surface area (Å²) in [5.41, 5.74) is 0.697. The number of carbonyl (C=O) groups excluding carboxylic acids is 2. The molecular formula is C15H10BrNO3S2. The smallest absolute Gasteiger partial charge is 0.287 e. The molecule has 0 radical (unpaired) electrons. The third kappa shape index (κ3) is 3.37. The van der Waals surface area contributed by atoms with Gasteiger partial charge in [0, 0.05) is 15.8 Å². The molecule has 0 spiro atoms. The Morgan fingerprint density at radius 2 is 2.05 bits per heavy atom. The standard InChI is InChI=1S/C15H10BrNO3S2/c16-13-4-2-11(20-13)15(19)17-7-10-1-3-12(22-10)14(18)9-5-6-21-8-9/h1-6,8H,7H2,(H,17,19). The number of furan rings is 1. The Bertz CT molecular complexity index is 804. The van der Waals surface area contributed by atoms with E-state index in [-0.39, 0.29) is 17.5 Å². The molecule has 0 aliphatic carbocycles. The number of hydrogen-bond donors (Lipinski definition) is 1. The van der Waals surface area contributed by atoms with Crippen molar-refractivity contribution in [3.8, 4) is 0 Å². The van der Waals surface area contributed by atoms with Crippen molar-refractivity contribution in [2.24, 2.45) is 0 Å². The molecule has 0 aromatic carbocycles. The maximum atomic E-state index is 12.2. The molecule has 22 heavy (non-hydrogen) atoms. The number of carbonyl (C=O) groups is 2. The molecule has 3 aromatic rings. The van der Waals surface area contributed by atoms with Gasteiger partial charge in [-0.3, -0.25) is 9.59 Å². The van der Waals surface area contributed by atoms with E-state index in [0.29, 0.717) is 21.7 Å². The van der Waals surface area contributed by atoms with Gasteiger partial charge in [-0.15, -0.1) is 11.3 Å². The molecule has 3 heterocycles. The van der Waals surface area contributed by atoms with Crippen molar-refractivity contribution in [3.05, 3.63) is 66.8 Å². The first kappa shape index (κ1) is 15.2. The SMILES string of the molecule is O=C(NCc1ccc(C(=O)c2ccsc2)s1)c1ccc(Br)o1. The van der Waals surface area contributed by atoms with Crippen molar-refractivity contribution in [2.45, 2.75) is 6.54 Å². The van der Waals surface area contributed by atoms with Gasteiger partial charge in [0.05, 0.1) is 11.4 Å². The van der Waals surface area contributed by atoms with Crippen LogP contribution in [0.4, 0.5) is 0 Å². The predicted molar refractivity (Wildman–Crippen MR) is 89.6 cm³/mol. The second kappa shape index (κ2) is 6.60. The topological polar surface area (TPSA) is 59.3 Å². The third-order valence-electron chi connectivity index (χ3n) is 2.89. The van der Waals surface area contributed by atoms with E-state index < -0.39 is 0 Å². The number of hydrogen-bond acceptors (Lipinski definition) is 5. The van der Waals surface area contributed by atoms with E-state index >= 15 is 0 Å². The van der Waals surface area contributed by atoms with Crippen LogP contribution < -0.4 is 5.32 Å². The first-order valence-corrected chi connectivity index (χ1v) is 8.88. The quantitative estimate of drug-likeness (QED) is 0.654.